The summed E-state index contributed by atoms with van der Waals surface area (Å²) in [6.45, 7) is 0.806. The molecule has 0 saturated carbocycles. The molecule has 1 atom stereocenters. The van der Waals surface area contributed by atoms with E-state index in [4.69, 9.17) is 4.74 Å². The van der Waals surface area contributed by atoms with Crippen LogP contribution in [-0.2, 0) is 21.2 Å². The third kappa shape index (κ3) is 3.44. The number of carbonyl (C=O) groups excluding carboxylic acids is 1. The number of fused-ring (bicyclic) bond motifs is 1. The first-order valence-corrected chi connectivity index (χ1v) is 10.5. The fourth-order valence-corrected chi connectivity index (χ4v) is 5.23. The predicted molar refractivity (Wildman–Crippen MR) is 102 cm³/mol. The average Bonchev–Trinajstić information content (AvgIpc) is 2.96. The van der Waals surface area contributed by atoms with E-state index in [1.54, 1.807) is 30.1 Å². The van der Waals surface area contributed by atoms with E-state index < -0.39 is 10.0 Å². The Labute approximate surface area is 159 Å². The zero-order valence-electron chi connectivity index (χ0n) is 15.2. The number of sulfonamides is 1. The van der Waals surface area contributed by atoms with Gasteiger partial charge in [0.05, 0.1) is 17.9 Å². The lowest BCUT2D eigenvalue weighted by Gasteiger charge is -2.32. The first-order valence-electron chi connectivity index (χ1n) is 9.06. The van der Waals surface area contributed by atoms with Crippen LogP contribution in [0.5, 0.6) is 5.75 Å². The van der Waals surface area contributed by atoms with Crippen molar-refractivity contribution in [2.75, 3.05) is 25.0 Å². The topological polar surface area (TPSA) is 66.9 Å². The van der Waals surface area contributed by atoms with Crippen molar-refractivity contribution < 1.29 is 17.9 Å². The van der Waals surface area contributed by atoms with Gasteiger partial charge in [0.2, 0.25) is 15.9 Å². The van der Waals surface area contributed by atoms with Crippen LogP contribution in [0.2, 0.25) is 0 Å². The summed E-state index contributed by atoms with van der Waals surface area (Å²) in [7, 11) is -1.91. The van der Waals surface area contributed by atoms with Crippen LogP contribution in [-0.4, -0.2) is 44.9 Å². The minimum absolute atomic E-state index is 0.0196. The highest BCUT2D eigenvalue weighted by Gasteiger charge is 2.33. The van der Waals surface area contributed by atoms with Gasteiger partial charge in [-0.25, -0.2) is 8.42 Å². The van der Waals surface area contributed by atoms with Crippen molar-refractivity contribution >= 4 is 21.6 Å². The summed E-state index contributed by atoms with van der Waals surface area (Å²) in [4.78, 5) is 13.7. The molecule has 2 aliphatic heterocycles. The van der Waals surface area contributed by atoms with Gasteiger partial charge in [0.15, 0.2) is 0 Å². The number of anilines is 1. The van der Waals surface area contributed by atoms with E-state index in [1.807, 2.05) is 30.3 Å². The zero-order chi connectivity index (χ0) is 19.0. The highest BCUT2D eigenvalue weighted by molar-refractivity contribution is 7.89. The van der Waals surface area contributed by atoms with E-state index in [0.29, 0.717) is 13.1 Å². The molecule has 2 aliphatic rings. The van der Waals surface area contributed by atoms with E-state index >= 15 is 0 Å². The van der Waals surface area contributed by atoms with Gasteiger partial charge < -0.3 is 9.64 Å². The van der Waals surface area contributed by atoms with Crippen molar-refractivity contribution in [2.45, 2.75) is 30.3 Å². The monoisotopic (exact) mass is 386 g/mol. The van der Waals surface area contributed by atoms with Gasteiger partial charge in [0, 0.05) is 19.3 Å². The minimum Gasteiger partial charge on any atom is -0.489 e. The van der Waals surface area contributed by atoms with Gasteiger partial charge in [-0.3, -0.25) is 4.79 Å². The van der Waals surface area contributed by atoms with E-state index in [0.717, 1.165) is 29.8 Å². The molecule has 0 aliphatic carbocycles. The molecule has 1 amide bonds. The Balaban J connectivity index is 1.53. The fraction of sp³-hybridized carbons (Fsp3) is 0.350. The van der Waals surface area contributed by atoms with Crippen LogP contribution in [0.15, 0.2) is 53.4 Å². The van der Waals surface area contributed by atoms with Gasteiger partial charge in [0.1, 0.15) is 11.9 Å². The number of ether oxygens (including phenoxy) is 1. The Kier molecular flexibility index (Phi) is 4.65. The van der Waals surface area contributed by atoms with E-state index in [-0.39, 0.29) is 23.3 Å². The maximum Gasteiger partial charge on any atom is 0.243 e. The second-order valence-corrected chi connectivity index (χ2v) is 8.92. The number of para-hydroxylation sites is 1. The molecular formula is C20H22N2O4S. The maximum absolute atomic E-state index is 13.1. The Morgan fingerprint density at radius 1 is 1.11 bits per heavy atom. The number of nitrogens with zero attached hydrogens (tertiary/aromatic N) is 2. The number of amides is 1. The van der Waals surface area contributed by atoms with Gasteiger partial charge in [-0.2, -0.15) is 4.31 Å². The molecule has 2 aromatic rings. The Bertz CT molecular complexity index is 959. The summed E-state index contributed by atoms with van der Waals surface area (Å²) in [5.41, 5.74) is 1.54. The summed E-state index contributed by atoms with van der Waals surface area (Å²) in [6.07, 6.45) is 1.65. The summed E-state index contributed by atoms with van der Waals surface area (Å²) in [5, 5.41) is 0. The summed E-state index contributed by atoms with van der Waals surface area (Å²) in [6, 6.07) is 14.4. The van der Waals surface area contributed by atoms with Gasteiger partial charge in [-0.1, -0.05) is 18.2 Å². The second kappa shape index (κ2) is 6.98. The van der Waals surface area contributed by atoms with Gasteiger partial charge in [-0.05, 0) is 48.7 Å². The largest absolute Gasteiger partial charge is 0.489 e. The van der Waals surface area contributed by atoms with Crippen molar-refractivity contribution in [3.8, 4) is 5.75 Å². The third-order valence-corrected chi connectivity index (χ3v) is 7.01. The lowest BCUT2D eigenvalue weighted by molar-refractivity contribution is -0.117. The van der Waals surface area contributed by atoms with E-state index in [1.165, 1.54) is 4.31 Å². The lowest BCUT2D eigenvalue weighted by atomic mass is 10.1. The normalized spacial score (nSPS) is 20.6. The van der Waals surface area contributed by atoms with Crippen LogP contribution in [0.4, 0.5) is 5.69 Å². The first-order chi connectivity index (χ1) is 12.9. The van der Waals surface area contributed by atoms with Crippen LogP contribution >= 0.6 is 0 Å². The Morgan fingerprint density at radius 2 is 1.89 bits per heavy atom. The quantitative estimate of drug-likeness (QED) is 0.810. The molecule has 6 nitrogen and oxygen atoms in total. The van der Waals surface area contributed by atoms with Crippen LogP contribution in [0.25, 0.3) is 0 Å². The molecule has 4 rings (SSSR count). The standard InChI is InChI=1S/C20H22N2O4S/c1-21-19-10-9-18(12-15(19)13-20(21)23)27(24,25)22-11-5-8-17(14-22)26-16-6-3-2-4-7-16/h2-4,6-7,9-10,12,17H,5,8,11,13-14H2,1H3. The molecule has 0 spiro atoms. The smallest absolute Gasteiger partial charge is 0.243 e. The van der Waals surface area contributed by atoms with Gasteiger partial charge in [-0.15, -0.1) is 0 Å². The molecule has 0 N–H and O–H groups in total. The molecule has 2 aromatic carbocycles. The van der Waals surface area contributed by atoms with E-state index in [2.05, 4.69) is 0 Å². The Hall–Kier alpha value is -2.38. The lowest BCUT2D eigenvalue weighted by Crippen LogP contribution is -2.44. The highest BCUT2D eigenvalue weighted by atomic mass is 32.2. The molecule has 0 radical (unpaired) electrons. The molecule has 1 fully saturated rings. The van der Waals surface area contributed by atoms with Crippen LogP contribution in [0, 0.1) is 0 Å². The molecule has 27 heavy (non-hydrogen) atoms. The molecule has 2 heterocycles. The van der Waals surface area contributed by atoms with Crippen molar-refractivity contribution in [1.29, 1.82) is 0 Å². The number of benzene rings is 2. The van der Waals surface area contributed by atoms with Crippen LogP contribution in [0.1, 0.15) is 18.4 Å². The van der Waals surface area contributed by atoms with Crippen LogP contribution in [0.3, 0.4) is 0 Å². The number of hydrogen-bond acceptors (Lipinski definition) is 4. The second-order valence-electron chi connectivity index (χ2n) is 6.98. The zero-order valence-corrected chi connectivity index (χ0v) is 16.0. The van der Waals surface area contributed by atoms with Crippen molar-refractivity contribution in [3.05, 3.63) is 54.1 Å². The minimum atomic E-state index is -3.62. The van der Waals surface area contributed by atoms with Gasteiger partial charge in [0.25, 0.3) is 0 Å². The molecule has 0 bridgehead atoms. The third-order valence-electron chi connectivity index (χ3n) is 5.15. The van der Waals surface area contributed by atoms with Crippen molar-refractivity contribution in [3.63, 3.8) is 0 Å². The number of rotatable bonds is 4. The maximum atomic E-state index is 13.1. The molecule has 142 valence electrons. The fourth-order valence-electron chi connectivity index (χ4n) is 3.67. The SMILES string of the molecule is CN1C(=O)Cc2cc(S(=O)(=O)N3CCCC(Oc4ccccc4)C3)ccc21. The average molecular weight is 386 g/mol. The number of carbonyl (C=O) groups is 1. The summed E-state index contributed by atoms with van der Waals surface area (Å²) < 4.78 is 33.7. The predicted octanol–water partition coefficient (Wildman–Crippen LogP) is 2.44. The summed E-state index contributed by atoms with van der Waals surface area (Å²) >= 11 is 0. The molecular weight excluding hydrogens is 364 g/mol. The van der Waals surface area contributed by atoms with Crippen molar-refractivity contribution in [2.24, 2.45) is 0 Å². The molecule has 1 saturated heterocycles. The Morgan fingerprint density at radius 3 is 2.67 bits per heavy atom. The first kappa shape index (κ1) is 18.0. The highest BCUT2D eigenvalue weighted by Crippen LogP contribution is 2.31. The number of hydrogen-bond donors (Lipinski definition) is 0. The van der Waals surface area contributed by atoms with Crippen molar-refractivity contribution in [1.82, 2.24) is 4.31 Å². The molecule has 7 heteroatoms. The molecule has 0 aromatic heterocycles. The van der Waals surface area contributed by atoms with Gasteiger partial charge >= 0.3 is 0 Å². The molecule has 1 unspecified atom stereocenters. The number of piperidine rings is 1. The van der Waals surface area contributed by atoms with Crippen LogP contribution < -0.4 is 9.64 Å². The summed E-state index contributed by atoms with van der Waals surface area (Å²) in [5.74, 6) is 0.731. The van der Waals surface area contributed by atoms with E-state index in [9.17, 15) is 13.2 Å². The number of likely N-dealkylation sites (N-methyl/N-ethyl adjacent to an activating group) is 1.